The van der Waals surface area contributed by atoms with E-state index in [2.05, 4.69) is 21.2 Å². The maximum atomic E-state index is 12.1. The molecule has 1 rings (SSSR count). The molecule has 5 heteroatoms. The van der Waals surface area contributed by atoms with E-state index in [1.807, 2.05) is 13.8 Å². The molecule has 4 nitrogen and oxygen atoms in total. The molecule has 0 saturated carbocycles. The number of hydrogen-bond donors (Lipinski definition) is 3. The lowest BCUT2D eigenvalue weighted by Gasteiger charge is -2.30. The van der Waals surface area contributed by atoms with E-state index < -0.39 is 5.54 Å². The topological polar surface area (TPSA) is 75.3 Å². The summed E-state index contributed by atoms with van der Waals surface area (Å²) in [5, 5.41) is 12.3. The van der Waals surface area contributed by atoms with Gasteiger partial charge >= 0.3 is 0 Å². The van der Waals surface area contributed by atoms with Crippen LogP contribution < -0.4 is 11.1 Å². The highest BCUT2D eigenvalue weighted by molar-refractivity contribution is 9.10. The highest BCUT2D eigenvalue weighted by atomic mass is 79.9. The van der Waals surface area contributed by atoms with Gasteiger partial charge in [-0.3, -0.25) is 4.79 Å². The summed E-state index contributed by atoms with van der Waals surface area (Å²) in [7, 11) is 0. The van der Waals surface area contributed by atoms with Crippen molar-refractivity contribution in [3.05, 3.63) is 28.2 Å². The number of aliphatic hydroxyl groups is 1. The number of carbonyl (C=O) groups is 1. The molecule has 0 aliphatic rings. The average Bonchev–Trinajstić information content (AvgIpc) is 2.39. The monoisotopic (exact) mass is 314 g/mol. The van der Waals surface area contributed by atoms with Crippen molar-refractivity contribution >= 4 is 27.5 Å². The fraction of sp³-hybridized carbons (Fsp3) is 0.462. The Morgan fingerprint density at radius 1 is 1.44 bits per heavy atom. The van der Waals surface area contributed by atoms with Crippen LogP contribution in [0.2, 0.25) is 0 Å². The normalized spacial score (nSPS) is 11.3. The van der Waals surface area contributed by atoms with Crippen molar-refractivity contribution < 1.29 is 9.90 Å². The first-order valence-electron chi connectivity index (χ1n) is 5.96. The Labute approximate surface area is 116 Å². The maximum Gasteiger partial charge on any atom is 0.251 e. The molecule has 4 N–H and O–H groups in total. The second kappa shape index (κ2) is 6.20. The van der Waals surface area contributed by atoms with E-state index in [4.69, 9.17) is 5.73 Å². The van der Waals surface area contributed by atoms with Crippen LogP contribution in [0.25, 0.3) is 0 Å². The van der Waals surface area contributed by atoms with Crippen LogP contribution >= 0.6 is 15.9 Å². The quantitative estimate of drug-likeness (QED) is 0.730. The molecule has 0 radical (unpaired) electrons. The molecular weight excluding hydrogens is 296 g/mol. The molecule has 0 aromatic heterocycles. The van der Waals surface area contributed by atoms with Gasteiger partial charge in [-0.1, -0.05) is 13.8 Å². The number of halogens is 1. The van der Waals surface area contributed by atoms with Crippen molar-refractivity contribution in [3.63, 3.8) is 0 Å². The SMILES string of the molecule is CCC(CC)(CO)NC(=O)c1ccc(N)c(Br)c1. The number of hydrogen-bond acceptors (Lipinski definition) is 3. The summed E-state index contributed by atoms with van der Waals surface area (Å²) in [6, 6.07) is 5.03. The molecule has 1 aromatic rings. The van der Waals surface area contributed by atoms with Gasteiger partial charge in [0.25, 0.3) is 5.91 Å². The summed E-state index contributed by atoms with van der Waals surface area (Å²) in [5.41, 5.74) is 6.24. The molecule has 0 aliphatic carbocycles. The van der Waals surface area contributed by atoms with E-state index >= 15 is 0 Å². The van der Waals surface area contributed by atoms with E-state index in [-0.39, 0.29) is 12.5 Å². The van der Waals surface area contributed by atoms with E-state index in [0.717, 1.165) is 0 Å². The molecule has 0 saturated heterocycles. The zero-order valence-electron chi connectivity index (χ0n) is 10.7. The van der Waals surface area contributed by atoms with Gasteiger partial charge in [0.1, 0.15) is 0 Å². The van der Waals surface area contributed by atoms with Crippen LogP contribution in [0.3, 0.4) is 0 Å². The van der Waals surface area contributed by atoms with Gasteiger partial charge in [-0.05, 0) is 47.0 Å². The number of amides is 1. The van der Waals surface area contributed by atoms with Gasteiger partial charge in [-0.15, -0.1) is 0 Å². The lowest BCUT2D eigenvalue weighted by molar-refractivity contribution is 0.0818. The van der Waals surface area contributed by atoms with Crippen molar-refractivity contribution in [2.75, 3.05) is 12.3 Å². The molecular formula is C13H19BrN2O2. The number of nitrogens with two attached hydrogens (primary N) is 1. The minimum Gasteiger partial charge on any atom is -0.398 e. The highest BCUT2D eigenvalue weighted by Gasteiger charge is 2.27. The first-order valence-corrected chi connectivity index (χ1v) is 6.75. The first kappa shape index (κ1) is 15.0. The van der Waals surface area contributed by atoms with Gasteiger partial charge in [0, 0.05) is 15.7 Å². The number of nitrogens with one attached hydrogen (secondary N) is 1. The smallest absolute Gasteiger partial charge is 0.251 e. The van der Waals surface area contributed by atoms with Crippen LogP contribution in [0.4, 0.5) is 5.69 Å². The molecule has 0 aliphatic heterocycles. The molecule has 0 bridgehead atoms. The summed E-state index contributed by atoms with van der Waals surface area (Å²) >= 11 is 3.29. The highest BCUT2D eigenvalue weighted by Crippen LogP contribution is 2.21. The second-order valence-electron chi connectivity index (χ2n) is 4.34. The van der Waals surface area contributed by atoms with E-state index in [1.165, 1.54) is 0 Å². The molecule has 1 amide bonds. The molecule has 1 aromatic carbocycles. The fourth-order valence-corrected chi connectivity index (χ4v) is 2.05. The summed E-state index contributed by atoms with van der Waals surface area (Å²) in [6.07, 6.45) is 1.36. The van der Waals surface area contributed by atoms with Crippen LogP contribution in [0.5, 0.6) is 0 Å². The number of anilines is 1. The minimum atomic E-state index is -0.551. The Morgan fingerprint density at radius 3 is 2.50 bits per heavy atom. The average molecular weight is 315 g/mol. The Bertz CT molecular complexity index is 423. The van der Waals surface area contributed by atoms with Crippen LogP contribution in [0, 0.1) is 0 Å². The lowest BCUT2D eigenvalue weighted by atomic mass is 9.93. The van der Waals surface area contributed by atoms with Gasteiger partial charge in [-0.25, -0.2) is 0 Å². The van der Waals surface area contributed by atoms with Crippen molar-refractivity contribution in [3.8, 4) is 0 Å². The Hall–Kier alpha value is -1.07. The maximum absolute atomic E-state index is 12.1. The summed E-state index contributed by atoms with van der Waals surface area (Å²) in [5.74, 6) is -0.201. The molecule has 0 unspecified atom stereocenters. The van der Waals surface area contributed by atoms with Crippen LogP contribution in [-0.2, 0) is 0 Å². The molecule has 0 spiro atoms. The molecule has 0 atom stereocenters. The number of nitrogen functional groups attached to an aromatic ring is 1. The number of carbonyl (C=O) groups excluding carboxylic acids is 1. The fourth-order valence-electron chi connectivity index (χ4n) is 1.67. The Morgan fingerprint density at radius 2 is 2.06 bits per heavy atom. The van der Waals surface area contributed by atoms with Crippen LogP contribution in [0.15, 0.2) is 22.7 Å². The van der Waals surface area contributed by atoms with Crippen molar-refractivity contribution in [2.24, 2.45) is 0 Å². The zero-order valence-corrected chi connectivity index (χ0v) is 12.3. The molecule has 100 valence electrons. The Kier molecular flexibility index (Phi) is 5.16. The van der Waals surface area contributed by atoms with Gasteiger partial charge in [-0.2, -0.15) is 0 Å². The third kappa shape index (κ3) is 3.23. The third-order valence-electron chi connectivity index (χ3n) is 3.30. The van der Waals surface area contributed by atoms with E-state index in [0.29, 0.717) is 28.6 Å². The number of rotatable bonds is 5. The standard InChI is InChI=1S/C13H19BrN2O2/c1-3-13(4-2,8-17)16-12(18)9-5-6-11(15)10(14)7-9/h5-7,17H,3-4,8,15H2,1-2H3,(H,16,18). The van der Waals surface area contributed by atoms with E-state index in [9.17, 15) is 9.90 Å². The number of aliphatic hydroxyl groups excluding tert-OH is 1. The van der Waals surface area contributed by atoms with Crippen molar-refractivity contribution in [1.29, 1.82) is 0 Å². The largest absolute Gasteiger partial charge is 0.398 e. The summed E-state index contributed by atoms with van der Waals surface area (Å²) in [4.78, 5) is 12.1. The lowest BCUT2D eigenvalue weighted by Crippen LogP contribution is -2.50. The Balaban J connectivity index is 2.90. The number of benzene rings is 1. The van der Waals surface area contributed by atoms with E-state index in [1.54, 1.807) is 18.2 Å². The van der Waals surface area contributed by atoms with Gasteiger partial charge in [0.2, 0.25) is 0 Å². The zero-order chi connectivity index (χ0) is 13.8. The second-order valence-corrected chi connectivity index (χ2v) is 5.19. The summed E-state index contributed by atoms with van der Waals surface area (Å²) < 4.78 is 0.692. The van der Waals surface area contributed by atoms with Gasteiger partial charge in [0.15, 0.2) is 0 Å². The van der Waals surface area contributed by atoms with Gasteiger partial charge in [0.05, 0.1) is 12.1 Å². The minimum absolute atomic E-state index is 0.0676. The van der Waals surface area contributed by atoms with Crippen molar-refractivity contribution in [1.82, 2.24) is 5.32 Å². The van der Waals surface area contributed by atoms with Gasteiger partial charge < -0.3 is 16.2 Å². The predicted molar refractivity (Wildman–Crippen MR) is 76.4 cm³/mol. The molecule has 18 heavy (non-hydrogen) atoms. The predicted octanol–water partition coefficient (Wildman–Crippen LogP) is 2.31. The molecule has 0 fully saturated rings. The summed E-state index contributed by atoms with van der Waals surface area (Å²) in [6.45, 7) is 3.82. The first-order chi connectivity index (χ1) is 8.48. The van der Waals surface area contributed by atoms with Crippen LogP contribution in [0.1, 0.15) is 37.0 Å². The third-order valence-corrected chi connectivity index (χ3v) is 3.98. The van der Waals surface area contributed by atoms with Crippen molar-refractivity contribution in [2.45, 2.75) is 32.2 Å². The molecule has 0 heterocycles. The van der Waals surface area contributed by atoms with Crippen LogP contribution in [-0.4, -0.2) is 23.2 Å².